The van der Waals surface area contributed by atoms with Crippen LogP contribution in [-0.4, -0.2) is 30.3 Å². The van der Waals surface area contributed by atoms with E-state index in [1.807, 2.05) is 0 Å². The van der Waals surface area contributed by atoms with Gasteiger partial charge in [-0.25, -0.2) is 0 Å². The number of amides is 2. The predicted molar refractivity (Wildman–Crippen MR) is 57.6 cm³/mol. The Morgan fingerprint density at radius 2 is 1.72 bits per heavy atom. The highest BCUT2D eigenvalue weighted by Gasteiger charge is 2.30. The Kier molecular flexibility index (Phi) is 3.95. The van der Waals surface area contributed by atoms with Crippen molar-refractivity contribution in [3.63, 3.8) is 0 Å². The SMILES string of the molecule is CN(CC(N)=O)C(=O)c1ccc(C(F)(F)F)cc1. The molecule has 0 unspecified atom stereocenters. The molecular weight excluding hydrogens is 249 g/mol. The molecule has 0 aliphatic heterocycles. The van der Waals surface area contributed by atoms with Crippen molar-refractivity contribution in [2.45, 2.75) is 6.18 Å². The zero-order valence-electron chi connectivity index (χ0n) is 9.49. The molecule has 1 aromatic carbocycles. The summed E-state index contributed by atoms with van der Waals surface area (Å²) in [6.45, 7) is -0.292. The minimum absolute atomic E-state index is 0.0618. The van der Waals surface area contributed by atoms with E-state index in [0.29, 0.717) is 0 Å². The van der Waals surface area contributed by atoms with Crippen LogP contribution in [0.4, 0.5) is 13.2 Å². The van der Waals surface area contributed by atoms with Gasteiger partial charge in [-0.2, -0.15) is 13.2 Å². The van der Waals surface area contributed by atoms with E-state index in [-0.39, 0.29) is 12.1 Å². The van der Waals surface area contributed by atoms with Gasteiger partial charge >= 0.3 is 6.18 Å². The fraction of sp³-hybridized carbons (Fsp3) is 0.273. The summed E-state index contributed by atoms with van der Waals surface area (Å²) < 4.78 is 36.9. The summed E-state index contributed by atoms with van der Waals surface area (Å²) in [5, 5.41) is 0. The first kappa shape index (κ1) is 14.0. The lowest BCUT2D eigenvalue weighted by atomic mass is 10.1. The van der Waals surface area contributed by atoms with Crippen LogP contribution in [0.2, 0.25) is 0 Å². The lowest BCUT2D eigenvalue weighted by Gasteiger charge is -2.15. The predicted octanol–water partition coefficient (Wildman–Crippen LogP) is 1.26. The molecule has 0 saturated heterocycles. The monoisotopic (exact) mass is 260 g/mol. The second kappa shape index (κ2) is 5.07. The summed E-state index contributed by atoms with van der Waals surface area (Å²) in [6.07, 6.45) is -4.44. The van der Waals surface area contributed by atoms with E-state index in [2.05, 4.69) is 0 Å². The molecule has 0 bridgehead atoms. The highest BCUT2D eigenvalue weighted by atomic mass is 19.4. The molecule has 2 N–H and O–H groups in total. The molecule has 4 nitrogen and oxygen atoms in total. The number of likely N-dealkylation sites (N-methyl/N-ethyl adjacent to an activating group) is 1. The Morgan fingerprint density at radius 1 is 1.22 bits per heavy atom. The van der Waals surface area contributed by atoms with Gasteiger partial charge in [0.2, 0.25) is 5.91 Å². The summed E-state index contributed by atoms with van der Waals surface area (Å²) >= 11 is 0. The van der Waals surface area contributed by atoms with E-state index in [4.69, 9.17) is 5.73 Å². The summed E-state index contributed by atoms with van der Waals surface area (Å²) in [5.74, 6) is -1.26. The Labute approximate surface area is 101 Å². The van der Waals surface area contributed by atoms with E-state index in [0.717, 1.165) is 29.2 Å². The number of hydrogen-bond acceptors (Lipinski definition) is 2. The summed E-state index contributed by atoms with van der Waals surface area (Å²) in [5.41, 5.74) is 4.13. The van der Waals surface area contributed by atoms with Gasteiger partial charge in [0.05, 0.1) is 12.1 Å². The minimum Gasteiger partial charge on any atom is -0.368 e. The molecule has 0 spiro atoms. The molecule has 98 valence electrons. The van der Waals surface area contributed by atoms with Crippen LogP contribution < -0.4 is 5.73 Å². The first-order valence-corrected chi connectivity index (χ1v) is 4.93. The molecule has 0 aliphatic carbocycles. The van der Waals surface area contributed by atoms with E-state index in [1.54, 1.807) is 0 Å². The largest absolute Gasteiger partial charge is 0.416 e. The number of nitrogens with two attached hydrogens (primary N) is 1. The van der Waals surface area contributed by atoms with Crippen molar-refractivity contribution >= 4 is 11.8 Å². The van der Waals surface area contributed by atoms with E-state index in [9.17, 15) is 22.8 Å². The number of carbonyl (C=O) groups is 2. The second-order valence-corrected chi connectivity index (χ2v) is 3.70. The van der Waals surface area contributed by atoms with Crippen molar-refractivity contribution in [1.82, 2.24) is 4.90 Å². The molecule has 18 heavy (non-hydrogen) atoms. The van der Waals surface area contributed by atoms with Crippen molar-refractivity contribution in [1.29, 1.82) is 0 Å². The average molecular weight is 260 g/mol. The first-order valence-electron chi connectivity index (χ1n) is 4.93. The number of alkyl halides is 3. The number of hydrogen-bond donors (Lipinski definition) is 1. The van der Waals surface area contributed by atoms with Gasteiger partial charge in [0.15, 0.2) is 0 Å². The van der Waals surface area contributed by atoms with E-state index < -0.39 is 23.6 Å². The minimum atomic E-state index is -4.44. The van der Waals surface area contributed by atoms with Gasteiger partial charge in [-0.1, -0.05) is 0 Å². The van der Waals surface area contributed by atoms with Crippen LogP contribution >= 0.6 is 0 Å². The average Bonchev–Trinajstić information content (AvgIpc) is 2.26. The fourth-order valence-electron chi connectivity index (χ4n) is 1.33. The van der Waals surface area contributed by atoms with E-state index >= 15 is 0 Å². The van der Waals surface area contributed by atoms with Crippen LogP contribution in [0.3, 0.4) is 0 Å². The number of rotatable bonds is 3. The Hall–Kier alpha value is -2.05. The van der Waals surface area contributed by atoms with Gasteiger partial charge in [0, 0.05) is 12.6 Å². The van der Waals surface area contributed by atoms with Gasteiger partial charge in [0.25, 0.3) is 5.91 Å². The Morgan fingerprint density at radius 3 is 2.11 bits per heavy atom. The molecule has 0 heterocycles. The highest BCUT2D eigenvalue weighted by molar-refractivity contribution is 5.96. The normalized spacial score (nSPS) is 11.1. The van der Waals surface area contributed by atoms with Gasteiger partial charge in [-0.15, -0.1) is 0 Å². The summed E-state index contributed by atoms with van der Waals surface area (Å²) in [7, 11) is 1.34. The molecule has 0 aliphatic rings. The van der Waals surface area contributed by atoms with Gasteiger partial charge in [-0.3, -0.25) is 9.59 Å². The topological polar surface area (TPSA) is 63.4 Å². The molecular formula is C11H11F3N2O2. The zero-order valence-corrected chi connectivity index (χ0v) is 9.49. The van der Waals surface area contributed by atoms with Crippen LogP contribution in [0.5, 0.6) is 0 Å². The van der Waals surface area contributed by atoms with Gasteiger partial charge in [0.1, 0.15) is 0 Å². The smallest absolute Gasteiger partial charge is 0.368 e. The number of primary amides is 1. The summed E-state index contributed by atoms with van der Waals surface area (Å²) in [4.78, 5) is 23.3. The lowest BCUT2D eigenvalue weighted by molar-refractivity contribution is -0.137. The molecule has 0 fully saturated rings. The number of halogens is 3. The van der Waals surface area contributed by atoms with Crippen molar-refractivity contribution in [3.8, 4) is 0 Å². The molecule has 0 aromatic heterocycles. The van der Waals surface area contributed by atoms with Crippen molar-refractivity contribution < 1.29 is 22.8 Å². The molecule has 0 saturated carbocycles. The summed E-state index contributed by atoms with van der Waals surface area (Å²) in [6, 6.07) is 3.74. The third-order valence-corrected chi connectivity index (χ3v) is 2.20. The maximum atomic E-state index is 12.3. The molecule has 1 aromatic rings. The Balaban J connectivity index is 2.85. The lowest BCUT2D eigenvalue weighted by Crippen LogP contribution is -2.35. The molecule has 1 rings (SSSR count). The van der Waals surface area contributed by atoms with Crippen LogP contribution in [0.1, 0.15) is 15.9 Å². The van der Waals surface area contributed by atoms with Gasteiger partial charge < -0.3 is 10.6 Å². The van der Waals surface area contributed by atoms with Crippen molar-refractivity contribution in [2.24, 2.45) is 5.73 Å². The fourth-order valence-corrected chi connectivity index (χ4v) is 1.33. The van der Waals surface area contributed by atoms with Crippen LogP contribution in [0, 0.1) is 0 Å². The van der Waals surface area contributed by atoms with Crippen molar-refractivity contribution in [3.05, 3.63) is 35.4 Å². The zero-order chi connectivity index (χ0) is 13.9. The van der Waals surface area contributed by atoms with Crippen LogP contribution in [-0.2, 0) is 11.0 Å². The third-order valence-electron chi connectivity index (χ3n) is 2.20. The maximum Gasteiger partial charge on any atom is 0.416 e. The highest BCUT2D eigenvalue weighted by Crippen LogP contribution is 2.29. The number of benzene rings is 1. The molecule has 2 amide bonds. The Bertz CT molecular complexity index is 454. The number of carbonyl (C=O) groups excluding carboxylic acids is 2. The van der Waals surface area contributed by atoms with Crippen molar-refractivity contribution in [2.75, 3.05) is 13.6 Å². The molecule has 0 radical (unpaired) electrons. The van der Waals surface area contributed by atoms with Gasteiger partial charge in [-0.05, 0) is 24.3 Å². The van der Waals surface area contributed by atoms with E-state index in [1.165, 1.54) is 7.05 Å². The maximum absolute atomic E-state index is 12.3. The molecule has 7 heteroatoms. The molecule has 0 atom stereocenters. The standard InChI is InChI=1S/C11H11F3N2O2/c1-16(6-9(15)17)10(18)7-2-4-8(5-3-7)11(12,13)14/h2-5H,6H2,1H3,(H2,15,17). The quantitative estimate of drug-likeness (QED) is 0.889. The van der Waals surface area contributed by atoms with Crippen LogP contribution in [0.25, 0.3) is 0 Å². The first-order chi connectivity index (χ1) is 8.21. The third kappa shape index (κ3) is 3.47. The second-order valence-electron chi connectivity index (χ2n) is 3.70. The van der Waals surface area contributed by atoms with Crippen LogP contribution in [0.15, 0.2) is 24.3 Å². The number of nitrogens with zero attached hydrogens (tertiary/aromatic N) is 1.